The van der Waals surface area contributed by atoms with Crippen molar-refractivity contribution in [2.75, 3.05) is 13.7 Å². The van der Waals surface area contributed by atoms with Crippen LogP contribution in [0.2, 0.25) is 0 Å². The van der Waals surface area contributed by atoms with Gasteiger partial charge in [-0.15, -0.1) is 6.42 Å². The predicted octanol–water partition coefficient (Wildman–Crippen LogP) is 1.98. The summed E-state index contributed by atoms with van der Waals surface area (Å²) in [5, 5.41) is 3.17. The van der Waals surface area contributed by atoms with E-state index in [1.807, 2.05) is 31.3 Å². The van der Waals surface area contributed by atoms with Crippen molar-refractivity contribution in [1.29, 1.82) is 0 Å². The van der Waals surface area contributed by atoms with Gasteiger partial charge in [-0.25, -0.2) is 0 Å². The molecule has 0 amide bonds. The van der Waals surface area contributed by atoms with Gasteiger partial charge < -0.3 is 10.1 Å². The van der Waals surface area contributed by atoms with Crippen LogP contribution in [0.5, 0.6) is 5.75 Å². The first-order chi connectivity index (χ1) is 6.79. The monoisotopic (exact) mass is 189 g/mol. The Hall–Kier alpha value is -1.46. The highest BCUT2D eigenvalue weighted by Crippen LogP contribution is 2.24. The lowest BCUT2D eigenvalue weighted by molar-refractivity contribution is 0.362. The van der Waals surface area contributed by atoms with Crippen LogP contribution in [0, 0.1) is 12.3 Å². The summed E-state index contributed by atoms with van der Waals surface area (Å²) in [6.45, 7) is 2.39. The van der Waals surface area contributed by atoms with Crippen molar-refractivity contribution in [2.24, 2.45) is 0 Å². The molecule has 0 radical (unpaired) electrons. The molecule has 2 nitrogen and oxygen atoms in total. The second kappa shape index (κ2) is 5.31. The molecule has 1 atom stereocenters. The van der Waals surface area contributed by atoms with Crippen LogP contribution in [-0.4, -0.2) is 13.7 Å². The summed E-state index contributed by atoms with van der Waals surface area (Å²) in [4.78, 5) is 0. The second-order valence-corrected chi connectivity index (χ2v) is 3.04. The van der Waals surface area contributed by atoms with E-state index in [0.717, 1.165) is 11.3 Å². The minimum Gasteiger partial charge on any atom is -0.481 e. The summed E-state index contributed by atoms with van der Waals surface area (Å²) in [6, 6.07) is 8.17. The first-order valence-electron chi connectivity index (χ1n) is 4.62. The van der Waals surface area contributed by atoms with Crippen molar-refractivity contribution < 1.29 is 4.74 Å². The predicted molar refractivity (Wildman–Crippen MR) is 58.2 cm³/mol. The van der Waals surface area contributed by atoms with Gasteiger partial charge in [-0.05, 0) is 20.0 Å². The Morgan fingerprint density at radius 2 is 2.21 bits per heavy atom. The Bertz CT molecular complexity index is 327. The third-order valence-corrected chi connectivity index (χ3v) is 2.13. The van der Waals surface area contributed by atoms with E-state index in [2.05, 4.69) is 18.2 Å². The van der Waals surface area contributed by atoms with Gasteiger partial charge in [0.15, 0.2) is 0 Å². The van der Waals surface area contributed by atoms with Crippen molar-refractivity contribution in [2.45, 2.75) is 13.0 Å². The van der Waals surface area contributed by atoms with Crippen LogP contribution in [0.3, 0.4) is 0 Å². The average Bonchev–Trinajstić information content (AvgIpc) is 2.25. The summed E-state index contributed by atoms with van der Waals surface area (Å²) < 4.78 is 5.43. The summed E-state index contributed by atoms with van der Waals surface area (Å²) in [5.41, 5.74) is 1.13. The molecule has 0 spiro atoms. The maximum Gasteiger partial charge on any atom is 0.148 e. The maximum absolute atomic E-state index is 5.43. The highest BCUT2D eigenvalue weighted by Gasteiger charge is 2.08. The zero-order chi connectivity index (χ0) is 10.4. The molecule has 1 unspecified atom stereocenters. The Labute approximate surface area is 85.3 Å². The van der Waals surface area contributed by atoms with Crippen LogP contribution in [0.25, 0.3) is 0 Å². The third kappa shape index (κ3) is 2.51. The quantitative estimate of drug-likeness (QED) is 0.731. The maximum atomic E-state index is 5.43. The molecule has 1 rings (SSSR count). The minimum absolute atomic E-state index is 0.268. The van der Waals surface area contributed by atoms with Crippen molar-refractivity contribution in [3.8, 4) is 18.1 Å². The number of hydrogen-bond acceptors (Lipinski definition) is 2. The smallest absolute Gasteiger partial charge is 0.148 e. The number of rotatable bonds is 4. The Morgan fingerprint density at radius 3 is 2.86 bits per heavy atom. The van der Waals surface area contributed by atoms with Gasteiger partial charge in [0.05, 0.1) is 0 Å². The number of hydrogen-bond donors (Lipinski definition) is 1. The lowest BCUT2D eigenvalue weighted by atomic mass is 10.1. The zero-order valence-corrected chi connectivity index (χ0v) is 8.58. The first kappa shape index (κ1) is 10.6. The number of para-hydroxylation sites is 1. The molecule has 0 aliphatic heterocycles. The molecule has 74 valence electrons. The molecule has 0 saturated carbocycles. The lowest BCUT2D eigenvalue weighted by Crippen LogP contribution is -2.13. The number of ether oxygens (including phenoxy) is 1. The van der Waals surface area contributed by atoms with Gasteiger partial charge in [0, 0.05) is 11.6 Å². The fraction of sp³-hybridized carbons (Fsp3) is 0.333. The molecule has 1 N–H and O–H groups in total. The van der Waals surface area contributed by atoms with Gasteiger partial charge in [-0.2, -0.15) is 0 Å². The molecule has 1 aromatic rings. The fourth-order valence-electron chi connectivity index (χ4n) is 1.24. The topological polar surface area (TPSA) is 21.3 Å². The third-order valence-electron chi connectivity index (χ3n) is 2.13. The standard InChI is InChI=1S/C12H15NO/c1-4-9-14-12-8-6-5-7-11(12)10(2)13-3/h1,5-8,10,13H,9H2,2-3H3. The molecule has 0 fully saturated rings. The SMILES string of the molecule is C#CCOc1ccccc1C(C)NC. The van der Waals surface area contributed by atoms with E-state index in [4.69, 9.17) is 11.2 Å². The fourth-order valence-corrected chi connectivity index (χ4v) is 1.24. The first-order valence-corrected chi connectivity index (χ1v) is 4.62. The van der Waals surface area contributed by atoms with Crippen LogP contribution in [0.4, 0.5) is 0 Å². The van der Waals surface area contributed by atoms with Crippen molar-refractivity contribution in [3.05, 3.63) is 29.8 Å². The summed E-state index contributed by atoms with van der Waals surface area (Å²) in [5.74, 6) is 3.31. The number of terminal acetylenes is 1. The molecule has 0 saturated heterocycles. The van der Waals surface area contributed by atoms with Crippen molar-refractivity contribution >= 4 is 0 Å². The van der Waals surface area contributed by atoms with E-state index in [-0.39, 0.29) is 6.04 Å². The largest absolute Gasteiger partial charge is 0.481 e. The molecule has 0 aliphatic carbocycles. The summed E-state index contributed by atoms with van der Waals surface area (Å²) in [7, 11) is 1.92. The molecule has 0 aliphatic rings. The average molecular weight is 189 g/mol. The molecule has 14 heavy (non-hydrogen) atoms. The Balaban J connectivity index is 2.86. The molecular weight excluding hydrogens is 174 g/mol. The van der Waals surface area contributed by atoms with Crippen molar-refractivity contribution in [3.63, 3.8) is 0 Å². The molecular formula is C12H15NO. The second-order valence-electron chi connectivity index (χ2n) is 3.04. The normalized spacial score (nSPS) is 11.8. The van der Waals surface area contributed by atoms with E-state index >= 15 is 0 Å². The Kier molecular flexibility index (Phi) is 4.03. The van der Waals surface area contributed by atoms with E-state index in [1.54, 1.807) is 0 Å². The van der Waals surface area contributed by atoms with Crippen molar-refractivity contribution in [1.82, 2.24) is 5.32 Å². The van der Waals surface area contributed by atoms with E-state index in [0.29, 0.717) is 6.61 Å². The van der Waals surface area contributed by atoms with Gasteiger partial charge >= 0.3 is 0 Å². The van der Waals surface area contributed by atoms with Crippen LogP contribution in [0.15, 0.2) is 24.3 Å². The zero-order valence-electron chi connectivity index (χ0n) is 8.58. The Morgan fingerprint density at radius 1 is 1.50 bits per heavy atom. The number of nitrogens with one attached hydrogen (secondary N) is 1. The van der Waals surface area contributed by atoms with E-state index in [1.165, 1.54) is 0 Å². The van der Waals surface area contributed by atoms with E-state index < -0.39 is 0 Å². The van der Waals surface area contributed by atoms with Gasteiger partial charge in [0.2, 0.25) is 0 Å². The van der Waals surface area contributed by atoms with Crippen LogP contribution in [-0.2, 0) is 0 Å². The van der Waals surface area contributed by atoms with Crippen LogP contribution >= 0.6 is 0 Å². The van der Waals surface area contributed by atoms with Gasteiger partial charge in [0.25, 0.3) is 0 Å². The molecule has 1 aromatic carbocycles. The van der Waals surface area contributed by atoms with E-state index in [9.17, 15) is 0 Å². The molecule has 0 bridgehead atoms. The van der Waals surface area contributed by atoms with Crippen LogP contribution in [0.1, 0.15) is 18.5 Å². The number of benzene rings is 1. The molecule has 0 heterocycles. The highest BCUT2D eigenvalue weighted by atomic mass is 16.5. The molecule has 0 aromatic heterocycles. The van der Waals surface area contributed by atoms with Gasteiger partial charge in [-0.3, -0.25) is 0 Å². The van der Waals surface area contributed by atoms with Gasteiger partial charge in [0.1, 0.15) is 12.4 Å². The van der Waals surface area contributed by atoms with Gasteiger partial charge in [-0.1, -0.05) is 24.1 Å². The lowest BCUT2D eigenvalue weighted by Gasteiger charge is -2.15. The van der Waals surface area contributed by atoms with Crippen LogP contribution < -0.4 is 10.1 Å². The minimum atomic E-state index is 0.268. The summed E-state index contributed by atoms with van der Waals surface area (Å²) in [6.07, 6.45) is 5.14. The summed E-state index contributed by atoms with van der Waals surface area (Å²) >= 11 is 0. The molecule has 2 heteroatoms. The highest BCUT2D eigenvalue weighted by molar-refractivity contribution is 5.35.